The normalized spacial score (nSPS) is 22.6. The maximum absolute atomic E-state index is 8.58. The molecular weight excluding hydrogens is 214 g/mol. The minimum absolute atomic E-state index is 0.278. The number of nitrogens with two attached hydrogens (primary N) is 1. The molecule has 4 heteroatoms. The van der Waals surface area contributed by atoms with Gasteiger partial charge in [0, 0.05) is 13.0 Å². The Morgan fingerprint density at radius 1 is 1.53 bits per heavy atom. The average molecular weight is 237 g/mol. The Morgan fingerprint density at radius 2 is 2.35 bits per heavy atom. The van der Waals surface area contributed by atoms with Crippen LogP contribution < -0.4 is 11.1 Å². The largest absolute Gasteiger partial charge is 0.409 e. The van der Waals surface area contributed by atoms with Crippen LogP contribution in [-0.4, -0.2) is 24.1 Å². The third kappa shape index (κ3) is 3.73. The van der Waals surface area contributed by atoms with Crippen LogP contribution in [0.5, 0.6) is 0 Å². The Balaban J connectivity index is 1.61. The summed E-state index contributed by atoms with van der Waals surface area (Å²) in [6, 6.07) is 0. The van der Waals surface area contributed by atoms with Gasteiger partial charge < -0.3 is 16.3 Å². The smallest absolute Gasteiger partial charge is 0.139 e. The van der Waals surface area contributed by atoms with Crippen LogP contribution in [0.1, 0.15) is 44.9 Å². The van der Waals surface area contributed by atoms with Crippen LogP contribution in [-0.2, 0) is 0 Å². The maximum atomic E-state index is 8.58. The van der Waals surface area contributed by atoms with Gasteiger partial charge in [-0.3, -0.25) is 0 Å². The van der Waals surface area contributed by atoms with Gasteiger partial charge in [0.05, 0.1) is 0 Å². The minimum atomic E-state index is 0.278. The average Bonchev–Trinajstić information content (AvgIpc) is 2.89. The molecule has 0 aromatic rings. The second-order valence-corrected chi connectivity index (χ2v) is 5.45. The Hall–Kier alpha value is -1.03. The zero-order valence-corrected chi connectivity index (χ0v) is 10.4. The van der Waals surface area contributed by atoms with Crippen LogP contribution in [0.15, 0.2) is 16.8 Å². The quantitative estimate of drug-likeness (QED) is 0.158. The van der Waals surface area contributed by atoms with E-state index >= 15 is 0 Å². The van der Waals surface area contributed by atoms with Gasteiger partial charge in [0.15, 0.2) is 0 Å². The van der Waals surface area contributed by atoms with Gasteiger partial charge in [0.25, 0.3) is 0 Å². The highest BCUT2D eigenvalue weighted by Gasteiger charge is 2.42. The zero-order chi connectivity index (χ0) is 12.1. The fourth-order valence-electron chi connectivity index (χ4n) is 2.58. The van der Waals surface area contributed by atoms with E-state index in [0.717, 1.165) is 19.5 Å². The second-order valence-electron chi connectivity index (χ2n) is 5.45. The third-order valence-corrected chi connectivity index (χ3v) is 3.90. The molecule has 1 fully saturated rings. The van der Waals surface area contributed by atoms with Crippen molar-refractivity contribution in [3.8, 4) is 0 Å². The molecule has 17 heavy (non-hydrogen) atoms. The SMILES string of the molecule is NC(CC1(CNCCC2=CCCC2)CC1)=NO. The second kappa shape index (κ2) is 5.54. The molecule has 4 N–H and O–H groups in total. The third-order valence-electron chi connectivity index (χ3n) is 3.90. The van der Waals surface area contributed by atoms with E-state index in [2.05, 4.69) is 16.5 Å². The van der Waals surface area contributed by atoms with E-state index in [-0.39, 0.29) is 5.41 Å². The molecule has 0 aromatic heterocycles. The first-order valence-electron chi connectivity index (χ1n) is 6.59. The molecule has 2 aliphatic carbocycles. The summed E-state index contributed by atoms with van der Waals surface area (Å²) in [5, 5.41) is 15.2. The number of hydrogen-bond acceptors (Lipinski definition) is 3. The van der Waals surface area contributed by atoms with Gasteiger partial charge in [0.1, 0.15) is 5.84 Å². The Kier molecular flexibility index (Phi) is 4.05. The number of hydrogen-bond donors (Lipinski definition) is 3. The fraction of sp³-hybridized carbons (Fsp3) is 0.769. The van der Waals surface area contributed by atoms with Crippen LogP contribution >= 0.6 is 0 Å². The predicted molar refractivity (Wildman–Crippen MR) is 69.1 cm³/mol. The number of amidine groups is 1. The summed E-state index contributed by atoms with van der Waals surface area (Å²) in [4.78, 5) is 0. The lowest BCUT2D eigenvalue weighted by Crippen LogP contribution is -2.29. The molecule has 0 aliphatic heterocycles. The molecule has 4 nitrogen and oxygen atoms in total. The lowest BCUT2D eigenvalue weighted by molar-refractivity contribution is 0.314. The first kappa shape index (κ1) is 12.4. The lowest BCUT2D eigenvalue weighted by Gasteiger charge is -2.15. The molecule has 0 atom stereocenters. The molecule has 0 spiro atoms. The summed E-state index contributed by atoms with van der Waals surface area (Å²) in [6.45, 7) is 2.06. The highest BCUT2D eigenvalue weighted by Crippen LogP contribution is 2.48. The summed E-state index contributed by atoms with van der Waals surface area (Å²) in [5.41, 5.74) is 7.45. The molecule has 0 aromatic carbocycles. The standard InChI is InChI=1S/C13H23N3O/c14-12(16-17)9-13(6-7-13)10-15-8-5-11-3-1-2-4-11/h3,15,17H,1-2,4-10H2,(H2,14,16). The number of nitrogens with zero attached hydrogens (tertiary/aromatic N) is 1. The van der Waals surface area contributed by atoms with Gasteiger partial charge in [-0.15, -0.1) is 0 Å². The van der Waals surface area contributed by atoms with Crippen LogP contribution in [0, 0.1) is 5.41 Å². The van der Waals surface area contributed by atoms with Gasteiger partial charge in [0.2, 0.25) is 0 Å². The van der Waals surface area contributed by atoms with Gasteiger partial charge >= 0.3 is 0 Å². The van der Waals surface area contributed by atoms with E-state index in [1.807, 2.05) is 0 Å². The molecule has 0 heterocycles. The summed E-state index contributed by atoms with van der Waals surface area (Å²) < 4.78 is 0. The van der Waals surface area contributed by atoms with Crippen molar-refractivity contribution in [1.29, 1.82) is 0 Å². The van der Waals surface area contributed by atoms with E-state index in [9.17, 15) is 0 Å². The predicted octanol–water partition coefficient (Wildman–Crippen LogP) is 1.99. The van der Waals surface area contributed by atoms with E-state index in [4.69, 9.17) is 10.9 Å². The maximum Gasteiger partial charge on any atom is 0.139 e. The van der Waals surface area contributed by atoms with Crippen LogP contribution in [0.3, 0.4) is 0 Å². The molecule has 0 saturated heterocycles. The van der Waals surface area contributed by atoms with Crippen molar-refractivity contribution in [2.45, 2.75) is 44.9 Å². The first-order chi connectivity index (χ1) is 8.24. The number of oxime groups is 1. The Morgan fingerprint density at radius 3 is 2.94 bits per heavy atom. The molecule has 2 aliphatic rings. The van der Waals surface area contributed by atoms with E-state index in [1.165, 1.54) is 38.5 Å². The van der Waals surface area contributed by atoms with Crippen molar-refractivity contribution < 1.29 is 5.21 Å². The number of nitrogens with one attached hydrogen (secondary N) is 1. The van der Waals surface area contributed by atoms with Crippen molar-refractivity contribution in [3.63, 3.8) is 0 Å². The lowest BCUT2D eigenvalue weighted by atomic mass is 10.0. The molecule has 0 amide bonds. The molecule has 0 unspecified atom stereocenters. The van der Waals surface area contributed by atoms with Gasteiger partial charge in [-0.25, -0.2) is 0 Å². The molecule has 0 radical (unpaired) electrons. The molecular formula is C13H23N3O. The van der Waals surface area contributed by atoms with Crippen LogP contribution in [0.4, 0.5) is 0 Å². The Labute approximate surface area is 103 Å². The monoisotopic (exact) mass is 237 g/mol. The highest BCUT2D eigenvalue weighted by atomic mass is 16.4. The first-order valence-corrected chi connectivity index (χ1v) is 6.59. The van der Waals surface area contributed by atoms with E-state index in [1.54, 1.807) is 5.57 Å². The van der Waals surface area contributed by atoms with Gasteiger partial charge in [-0.05, 0) is 50.5 Å². The van der Waals surface area contributed by atoms with Gasteiger partial charge in [-0.1, -0.05) is 16.8 Å². The van der Waals surface area contributed by atoms with Gasteiger partial charge in [-0.2, -0.15) is 0 Å². The fourth-order valence-corrected chi connectivity index (χ4v) is 2.58. The molecule has 96 valence electrons. The van der Waals surface area contributed by atoms with E-state index < -0.39 is 0 Å². The van der Waals surface area contributed by atoms with Crippen molar-refractivity contribution in [1.82, 2.24) is 5.32 Å². The van der Waals surface area contributed by atoms with E-state index in [0.29, 0.717) is 5.84 Å². The van der Waals surface area contributed by atoms with Crippen molar-refractivity contribution >= 4 is 5.84 Å². The summed E-state index contributed by atoms with van der Waals surface area (Å²) in [5.74, 6) is 0.364. The van der Waals surface area contributed by atoms with Crippen molar-refractivity contribution in [2.75, 3.05) is 13.1 Å². The topological polar surface area (TPSA) is 70.6 Å². The summed E-state index contributed by atoms with van der Waals surface area (Å²) >= 11 is 0. The Bertz CT molecular complexity index is 319. The highest BCUT2D eigenvalue weighted by molar-refractivity contribution is 5.80. The number of allylic oxidation sites excluding steroid dienone is 1. The number of rotatable bonds is 7. The molecule has 0 bridgehead atoms. The van der Waals surface area contributed by atoms with Crippen molar-refractivity contribution in [2.24, 2.45) is 16.3 Å². The minimum Gasteiger partial charge on any atom is -0.409 e. The molecule has 2 rings (SSSR count). The van der Waals surface area contributed by atoms with Crippen LogP contribution in [0.2, 0.25) is 0 Å². The van der Waals surface area contributed by atoms with Crippen molar-refractivity contribution in [3.05, 3.63) is 11.6 Å². The summed E-state index contributed by atoms with van der Waals surface area (Å²) in [6.07, 6.45) is 10.6. The summed E-state index contributed by atoms with van der Waals surface area (Å²) in [7, 11) is 0. The molecule has 1 saturated carbocycles. The zero-order valence-electron chi connectivity index (χ0n) is 10.4. The van der Waals surface area contributed by atoms with Crippen LogP contribution in [0.25, 0.3) is 0 Å².